The molecule has 0 unspecified atom stereocenters. The second-order valence-electron chi connectivity index (χ2n) is 8.81. The van der Waals surface area contributed by atoms with Crippen molar-refractivity contribution in [3.05, 3.63) is 72.4 Å². The van der Waals surface area contributed by atoms with Gasteiger partial charge in [-0.3, -0.25) is 9.59 Å². The van der Waals surface area contributed by atoms with Crippen molar-refractivity contribution in [2.24, 2.45) is 0 Å². The molecule has 3 N–H and O–H groups in total. The highest BCUT2D eigenvalue weighted by Crippen LogP contribution is 2.24. The highest BCUT2D eigenvalue weighted by atomic mass is 16.2. The second-order valence-corrected chi connectivity index (χ2v) is 8.81. The number of nitrogens with one attached hydrogen (secondary N) is 3. The summed E-state index contributed by atoms with van der Waals surface area (Å²) in [6.07, 6.45) is 1.73. The molecule has 8 heteroatoms. The summed E-state index contributed by atoms with van der Waals surface area (Å²) in [6.45, 7) is 7.32. The molecule has 0 aliphatic carbocycles. The first-order valence-corrected chi connectivity index (χ1v) is 10.6. The van der Waals surface area contributed by atoms with Crippen LogP contribution in [0, 0.1) is 0 Å². The van der Waals surface area contributed by atoms with Crippen molar-refractivity contribution >= 4 is 34.7 Å². The molecule has 0 aliphatic rings. The molecule has 2 amide bonds. The summed E-state index contributed by atoms with van der Waals surface area (Å²) < 4.78 is 1.79. The van der Waals surface area contributed by atoms with Gasteiger partial charge in [-0.25, -0.2) is 9.50 Å². The van der Waals surface area contributed by atoms with Crippen LogP contribution in [0.3, 0.4) is 0 Å². The molecule has 0 bridgehead atoms. The monoisotopic (exact) mass is 442 g/mol. The summed E-state index contributed by atoms with van der Waals surface area (Å²) in [5, 5.41) is 13.6. The summed E-state index contributed by atoms with van der Waals surface area (Å²) >= 11 is 0. The van der Waals surface area contributed by atoms with Crippen LogP contribution in [0.25, 0.3) is 16.8 Å². The maximum absolute atomic E-state index is 12.6. The maximum Gasteiger partial charge on any atom is 0.251 e. The molecular formula is C25H26N6O2. The summed E-state index contributed by atoms with van der Waals surface area (Å²) in [5.41, 5.74) is 4.23. The second kappa shape index (κ2) is 8.74. The van der Waals surface area contributed by atoms with Crippen molar-refractivity contribution in [3.63, 3.8) is 0 Å². The average molecular weight is 443 g/mol. The van der Waals surface area contributed by atoms with E-state index < -0.39 is 0 Å². The topological polar surface area (TPSA) is 100 Å². The van der Waals surface area contributed by atoms with Crippen LogP contribution < -0.4 is 16.0 Å². The highest BCUT2D eigenvalue weighted by Gasteiger charge is 2.16. The van der Waals surface area contributed by atoms with Gasteiger partial charge in [0.25, 0.3) is 5.91 Å². The van der Waals surface area contributed by atoms with E-state index in [4.69, 9.17) is 0 Å². The first kappa shape index (κ1) is 22.0. The van der Waals surface area contributed by atoms with Gasteiger partial charge in [0, 0.05) is 35.0 Å². The first-order chi connectivity index (χ1) is 15.7. The lowest BCUT2D eigenvalue weighted by atomic mass is 10.1. The zero-order chi connectivity index (χ0) is 23.6. The van der Waals surface area contributed by atoms with Gasteiger partial charge in [-0.2, -0.15) is 0 Å². The van der Waals surface area contributed by atoms with Gasteiger partial charge in [0.05, 0.1) is 17.4 Å². The number of carbonyl (C=O) groups excluding carboxylic acids is 2. The Balaban J connectivity index is 1.64. The van der Waals surface area contributed by atoms with Crippen LogP contribution in [0.4, 0.5) is 17.3 Å². The van der Waals surface area contributed by atoms with E-state index in [1.54, 1.807) is 16.8 Å². The molecule has 0 atom stereocenters. The van der Waals surface area contributed by atoms with Crippen LogP contribution in [-0.2, 0) is 4.79 Å². The fourth-order valence-corrected chi connectivity index (χ4v) is 3.42. The van der Waals surface area contributed by atoms with Gasteiger partial charge in [-0.1, -0.05) is 18.2 Å². The van der Waals surface area contributed by atoms with Gasteiger partial charge < -0.3 is 16.0 Å². The quantitative estimate of drug-likeness (QED) is 0.419. The standard InChI is InChI=1S/C25H26N6O2/c1-16(32)27-19-9-6-10-20(14-19)28-24-26-15-21-11-12-22(31(21)30-24)17-7-5-8-18(13-17)23(33)29-25(2,3)4/h5-15H,1-4H3,(H,27,32)(H,28,30)(H,29,33). The van der Waals surface area contributed by atoms with Crippen molar-refractivity contribution in [3.8, 4) is 11.3 Å². The minimum absolute atomic E-state index is 0.124. The van der Waals surface area contributed by atoms with Crippen molar-refractivity contribution in [2.45, 2.75) is 33.2 Å². The molecule has 4 rings (SSSR count). The molecule has 8 nitrogen and oxygen atoms in total. The Hall–Kier alpha value is -4.20. The fourth-order valence-electron chi connectivity index (χ4n) is 3.42. The number of amides is 2. The van der Waals surface area contributed by atoms with Gasteiger partial charge in [0.1, 0.15) is 0 Å². The van der Waals surface area contributed by atoms with Gasteiger partial charge in [-0.15, -0.1) is 5.10 Å². The van der Waals surface area contributed by atoms with E-state index in [2.05, 4.69) is 26.0 Å². The van der Waals surface area contributed by atoms with Crippen molar-refractivity contribution < 1.29 is 9.59 Å². The lowest BCUT2D eigenvalue weighted by molar-refractivity contribution is -0.114. The number of aromatic nitrogens is 3. The lowest BCUT2D eigenvalue weighted by Crippen LogP contribution is -2.40. The summed E-state index contributed by atoms with van der Waals surface area (Å²) in [6, 6.07) is 18.7. The molecule has 2 aromatic carbocycles. The van der Waals surface area contributed by atoms with Crippen molar-refractivity contribution in [2.75, 3.05) is 10.6 Å². The van der Waals surface area contributed by atoms with E-state index in [0.717, 1.165) is 22.5 Å². The molecule has 33 heavy (non-hydrogen) atoms. The average Bonchev–Trinajstić information content (AvgIpc) is 3.16. The van der Waals surface area contributed by atoms with Gasteiger partial charge in [0.2, 0.25) is 11.9 Å². The number of fused-ring (bicyclic) bond motifs is 1. The number of anilines is 3. The predicted molar refractivity (Wildman–Crippen MR) is 130 cm³/mol. The van der Waals surface area contributed by atoms with Crippen LogP contribution >= 0.6 is 0 Å². The van der Waals surface area contributed by atoms with Crippen LogP contribution in [0.5, 0.6) is 0 Å². The summed E-state index contributed by atoms with van der Waals surface area (Å²) in [4.78, 5) is 28.3. The molecule has 2 aromatic heterocycles. The third kappa shape index (κ3) is 5.35. The third-order valence-corrected chi connectivity index (χ3v) is 4.75. The highest BCUT2D eigenvalue weighted by molar-refractivity contribution is 5.95. The molecule has 2 heterocycles. The molecule has 4 aromatic rings. The van der Waals surface area contributed by atoms with E-state index in [9.17, 15) is 9.59 Å². The van der Waals surface area contributed by atoms with E-state index in [1.165, 1.54) is 6.92 Å². The van der Waals surface area contributed by atoms with E-state index in [1.807, 2.05) is 75.4 Å². The normalized spacial score (nSPS) is 11.3. The fraction of sp³-hybridized carbons (Fsp3) is 0.200. The van der Waals surface area contributed by atoms with Crippen LogP contribution in [0.2, 0.25) is 0 Å². The Morgan fingerprint density at radius 1 is 0.939 bits per heavy atom. The SMILES string of the molecule is CC(=O)Nc1cccc(Nc2ncc3ccc(-c4cccc(C(=O)NC(C)(C)C)c4)n3n2)c1. The molecule has 0 spiro atoms. The van der Waals surface area contributed by atoms with Gasteiger partial charge in [-0.05, 0) is 63.2 Å². The summed E-state index contributed by atoms with van der Waals surface area (Å²) in [5.74, 6) is 0.142. The van der Waals surface area contributed by atoms with E-state index >= 15 is 0 Å². The number of nitrogens with zero attached hydrogens (tertiary/aromatic N) is 3. The van der Waals surface area contributed by atoms with Crippen LogP contribution in [0.1, 0.15) is 38.1 Å². The molecule has 0 saturated carbocycles. The van der Waals surface area contributed by atoms with Crippen LogP contribution in [-0.4, -0.2) is 32.0 Å². The number of hydrogen-bond acceptors (Lipinski definition) is 5. The third-order valence-electron chi connectivity index (χ3n) is 4.75. The zero-order valence-electron chi connectivity index (χ0n) is 19.0. The smallest absolute Gasteiger partial charge is 0.251 e. The largest absolute Gasteiger partial charge is 0.347 e. The number of rotatable bonds is 5. The predicted octanol–water partition coefficient (Wildman–Crippen LogP) is 4.63. The van der Waals surface area contributed by atoms with Crippen molar-refractivity contribution in [1.29, 1.82) is 0 Å². The Bertz CT molecular complexity index is 1340. The van der Waals surface area contributed by atoms with Gasteiger partial charge in [0.15, 0.2) is 0 Å². The Kier molecular flexibility index (Phi) is 5.83. The number of hydrogen-bond donors (Lipinski definition) is 3. The molecule has 0 aliphatic heterocycles. The molecule has 0 radical (unpaired) electrons. The Morgan fingerprint density at radius 2 is 1.70 bits per heavy atom. The zero-order valence-corrected chi connectivity index (χ0v) is 19.0. The molecule has 0 saturated heterocycles. The number of benzene rings is 2. The lowest BCUT2D eigenvalue weighted by Gasteiger charge is -2.20. The van der Waals surface area contributed by atoms with E-state index in [0.29, 0.717) is 17.2 Å². The van der Waals surface area contributed by atoms with Crippen LogP contribution in [0.15, 0.2) is 66.9 Å². The molecular weight excluding hydrogens is 416 g/mol. The minimum atomic E-state index is -0.320. The Labute approximate surface area is 192 Å². The minimum Gasteiger partial charge on any atom is -0.347 e. The summed E-state index contributed by atoms with van der Waals surface area (Å²) in [7, 11) is 0. The van der Waals surface area contributed by atoms with E-state index in [-0.39, 0.29) is 17.4 Å². The molecule has 168 valence electrons. The van der Waals surface area contributed by atoms with Gasteiger partial charge >= 0.3 is 0 Å². The molecule has 0 fully saturated rings. The maximum atomic E-state index is 12.6. The first-order valence-electron chi connectivity index (χ1n) is 10.6. The Morgan fingerprint density at radius 3 is 2.45 bits per heavy atom. The van der Waals surface area contributed by atoms with Crippen molar-refractivity contribution in [1.82, 2.24) is 19.9 Å². The number of carbonyl (C=O) groups is 2.